The molecule has 2 aliphatic heterocycles. The second-order valence-electron chi connectivity index (χ2n) is 9.93. The first-order valence-electron chi connectivity index (χ1n) is 13.0. The SMILES string of the molecule is COc1n[nH]c2ccc(NC3=NC4C(=CN3)N(c3cccc(C#N)c3)C(=O)[C@@H](C)N4C3CCCCC3)cc12. The zero-order chi connectivity index (χ0) is 26.2. The van der Waals surface area contributed by atoms with Crippen molar-refractivity contribution in [3.63, 3.8) is 0 Å². The van der Waals surface area contributed by atoms with Crippen LogP contribution in [-0.2, 0) is 4.79 Å². The van der Waals surface area contributed by atoms with Gasteiger partial charge in [-0.15, -0.1) is 5.10 Å². The van der Waals surface area contributed by atoms with Gasteiger partial charge < -0.3 is 15.4 Å². The van der Waals surface area contributed by atoms with Crippen molar-refractivity contribution >= 4 is 34.1 Å². The summed E-state index contributed by atoms with van der Waals surface area (Å²) in [7, 11) is 1.60. The minimum absolute atomic E-state index is 0.0147. The largest absolute Gasteiger partial charge is 0.480 e. The molecule has 2 atom stereocenters. The fourth-order valence-corrected chi connectivity index (χ4v) is 5.81. The normalized spacial score (nSPS) is 22.2. The molecule has 1 saturated heterocycles. The molecule has 10 nitrogen and oxygen atoms in total. The number of hydrogen-bond donors (Lipinski definition) is 3. The average Bonchev–Trinajstić information content (AvgIpc) is 3.37. The average molecular weight is 511 g/mol. The summed E-state index contributed by atoms with van der Waals surface area (Å²) in [6, 6.07) is 15.1. The number of nitrogens with zero attached hydrogens (tertiary/aromatic N) is 5. The Hall–Kier alpha value is -4.36. The number of piperazine rings is 1. The number of benzene rings is 2. The highest BCUT2D eigenvalue weighted by Crippen LogP contribution is 2.37. The smallest absolute Gasteiger partial charge is 0.248 e. The zero-order valence-electron chi connectivity index (χ0n) is 21.4. The molecule has 38 heavy (non-hydrogen) atoms. The van der Waals surface area contributed by atoms with Crippen LogP contribution in [0.5, 0.6) is 5.88 Å². The van der Waals surface area contributed by atoms with E-state index in [1.165, 1.54) is 6.42 Å². The third-order valence-corrected chi connectivity index (χ3v) is 7.65. The molecule has 1 aliphatic carbocycles. The Morgan fingerprint density at radius 3 is 2.79 bits per heavy atom. The molecule has 0 radical (unpaired) electrons. The number of H-pyrrole nitrogens is 1. The van der Waals surface area contributed by atoms with E-state index < -0.39 is 0 Å². The van der Waals surface area contributed by atoms with Crippen molar-refractivity contribution in [2.24, 2.45) is 4.99 Å². The first-order chi connectivity index (χ1) is 18.6. The van der Waals surface area contributed by atoms with Gasteiger partial charge in [-0.2, -0.15) is 5.26 Å². The quantitative estimate of drug-likeness (QED) is 0.484. The van der Waals surface area contributed by atoms with E-state index >= 15 is 0 Å². The zero-order valence-corrected chi connectivity index (χ0v) is 21.4. The number of anilines is 2. The van der Waals surface area contributed by atoms with Gasteiger partial charge in [0, 0.05) is 17.9 Å². The van der Waals surface area contributed by atoms with Gasteiger partial charge >= 0.3 is 0 Å². The number of guanidine groups is 1. The fourth-order valence-electron chi connectivity index (χ4n) is 5.81. The molecule has 1 aromatic heterocycles. The Morgan fingerprint density at radius 1 is 1.16 bits per heavy atom. The predicted molar refractivity (Wildman–Crippen MR) is 146 cm³/mol. The van der Waals surface area contributed by atoms with Crippen LogP contribution in [0.1, 0.15) is 44.6 Å². The lowest BCUT2D eigenvalue weighted by Crippen LogP contribution is -2.64. The van der Waals surface area contributed by atoms with Crippen LogP contribution < -0.4 is 20.3 Å². The highest BCUT2D eigenvalue weighted by Gasteiger charge is 2.46. The number of hydrogen-bond acceptors (Lipinski definition) is 8. The second-order valence-corrected chi connectivity index (χ2v) is 9.93. The molecule has 1 amide bonds. The van der Waals surface area contributed by atoms with E-state index in [9.17, 15) is 10.1 Å². The third-order valence-electron chi connectivity index (χ3n) is 7.65. The van der Waals surface area contributed by atoms with Gasteiger partial charge in [0.2, 0.25) is 17.7 Å². The van der Waals surface area contributed by atoms with Crippen LogP contribution in [0.4, 0.5) is 11.4 Å². The molecule has 3 heterocycles. The highest BCUT2D eigenvalue weighted by atomic mass is 16.5. The second kappa shape index (κ2) is 9.84. The minimum Gasteiger partial charge on any atom is -0.480 e. The van der Waals surface area contributed by atoms with Crippen molar-refractivity contribution in [1.82, 2.24) is 20.4 Å². The van der Waals surface area contributed by atoms with E-state index in [1.807, 2.05) is 43.5 Å². The molecule has 1 unspecified atom stereocenters. The molecule has 6 rings (SSSR count). The molecule has 1 saturated carbocycles. The summed E-state index contributed by atoms with van der Waals surface area (Å²) in [5.74, 6) is 1.11. The third kappa shape index (κ3) is 4.15. The van der Waals surface area contributed by atoms with Gasteiger partial charge in [-0.05, 0) is 56.2 Å². The first kappa shape index (κ1) is 24.0. The van der Waals surface area contributed by atoms with Crippen LogP contribution in [0, 0.1) is 11.3 Å². The first-order valence-corrected chi connectivity index (χ1v) is 13.0. The lowest BCUT2D eigenvalue weighted by atomic mass is 9.91. The Bertz CT molecular complexity index is 1480. The maximum Gasteiger partial charge on any atom is 0.248 e. The molecular formula is C28H30N8O2. The summed E-state index contributed by atoms with van der Waals surface area (Å²) in [5, 5.41) is 24.1. The molecule has 2 aromatic carbocycles. The Kier molecular flexibility index (Phi) is 6.21. The van der Waals surface area contributed by atoms with E-state index in [-0.39, 0.29) is 24.2 Å². The van der Waals surface area contributed by atoms with Gasteiger partial charge in [0.15, 0.2) is 0 Å². The van der Waals surface area contributed by atoms with Crippen LogP contribution in [0.2, 0.25) is 0 Å². The van der Waals surface area contributed by atoms with E-state index in [2.05, 4.69) is 31.8 Å². The number of aromatic amines is 1. The van der Waals surface area contributed by atoms with Gasteiger partial charge in [0.25, 0.3) is 0 Å². The van der Waals surface area contributed by atoms with E-state index in [1.54, 1.807) is 24.1 Å². The molecule has 10 heteroatoms. The van der Waals surface area contributed by atoms with Crippen molar-refractivity contribution in [2.45, 2.75) is 57.3 Å². The number of aromatic nitrogens is 2. The number of nitrogens with one attached hydrogen (secondary N) is 3. The predicted octanol–water partition coefficient (Wildman–Crippen LogP) is 4.05. The van der Waals surface area contributed by atoms with Crippen LogP contribution in [0.15, 0.2) is 59.4 Å². The molecule has 194 valence electrons. The molecule has 0 bridgehead atoms. The maximum absolute atomic E-state index is 13.8. The standard InChI is InChI=1S/C28H30N8O2/c1-17-27(37)36(21-10-6-7-18(13-21)15-29)24-16-30-28(32-25(24)35(17)20-8-4-3-5-9-20)31-19-11-12-23-22(14-19)26(38-2)34-33-23/h6-7,10-14,16-17,20,25H,3-5,8-9H2,1-2H3,(H,33,34)(H2,30,31,32)/t17-,25?/m1/s1. The number of nitriles is 1. The van der Waals surface area contributed by atoms with E-state index in [0.717, 1.165) is 48.0 Å². The lowest BCUT2D eigenvalue weighted by Gasteiger charge is -2.49. The lowest BCUT2D eigenvalue weighted by molar-refractivity contribution is -0.127. The fraction of sp³-hybridized carbons (Fsp3) is 0.357. The molecular weight excluding hydrogens is 480 g/mol. The Morgan fingerprint density at radius 2 is 2.00 bits per heavy atom. The number of ether oxygens (including phenoxy) is 1. The number of fused-ring (bicyclic) bond motifs is 2. The minimum atomic E-state index is -0.361. The van der Waals surface area contributed by atoms with Crippen molar-refractivity contribution in [3.8, 4) is 11.9 Å². The topological polar surface area (TPSA) is 122 Å². The number of aliphatic imine (C=N–C) groups is 1. The molecule has 0 spiro atoms. The number of methoxy groups -OCH3 is 1. The summed E-state index contributed by atoms with van der Waals surface area (Å²) in [4.78, 5) is 22.9. The monoisotopic (exact) mass is 510 g/mol. The summed E-state index contributed by atoms with van der Waals surface area (Å²) < 4.78 is 5.37. The number of carbonyl (C=O) groups excluding carboxylic acids is 1. The maximum atomic E-state index is 13.8. The van der Waals surface area contributed by atoms with Crippen molar-refractivity contribution in [3.05, 3.63) is 59.9 Å². The summed E-state index contributed by atoms with van der Waals surface area (Å²) in [6.07, 6.45) is 7.14. The van der Waals surface area contributed by atoms with Gasteiger partial charge in [-0.3, -0.25) is 19.7 Å². The summed E-state index contributed by atoms with van der Waals surface area (Å²) >= 11 is 0. The van der Waals surface area contributed by atoms with Crippen LogP contribution in [0.25, 0.3) is 10.9 Å². The summed E-state index contributed by atoms with van der Waals surface area (Å²) in [5.41, 5.74) is 3.65. The van der Waals surface area contributed by atoms with Gasteiger partial charge in [0.05, 0.1) is 47.1 Å². The van der Waals surface area contributed by atoms with Gasteiger partial charge in [-0.25, -0.2) is 4.99 Å². The van der Waals surface area contributed by atoms with Crippen LogP contribution in [0.3, 0.4) is 0 Å². The van der Waals surface area contributed by atoms with Crippen LogP contribution in [-0.4, -0.2) is 52.3 Å². The Balaban J connectivity index is 1.37. The van der Waals surface area contributed by atoms with Crippen molar-refractivity contribution in [1.29, 1.82) is 5.26 Å². The van der Waals surface area contributed by atoms with E-state index in [4.69, 9.17) is 9.73 Å². The molecule has 3 aliphatic rings. The molecule has 2 fully saturated rings. The van der Waals surface area contributed by atoms with Crippen LogP contribution >= 0.6 is 0 Å². The van der Waals surface area contributed by atoms with E-state index in [0.29, 0.717) is 23.1 Å². The number of rotatable bonds is 4. The van der Waals surface area contributed by atoms with Gasteiger partial charge in [0.1, 0.15) is 6.17 Å². The van der Waals surface area contributed by atoms with Crippen molar-refractivity contribution < 1.29 is 9.53 Å². The highest BCUT2D eigenvalue weighted by molar-refractivity contribution is 6.03. The van der Waals surface area contributed by atoms with Gasteiger partial charge in [-0.1, -0.05) is 25.3 Å². The molecule has 3 aromatic rings. The van der Waals surface area contributed by atoms with Crippen molar-refractivity contribution in [2.75, 3.05) is 17.3 Å². The molecule has 3 N–H and O–H groups in total. The number of carbonyl (C=O) groups is 1. The Labute approximate surface area is 221 Å². The number of amides is 1. The summed E-state index contributed by atoms with van der Waals surface area (Å²) in [6.45, 7) is 1.97.